The molecule has 0 bridgehead atoms. The molecule has 3 rings (SSSR count). The first-order valence-corrected chi connectivity index (χ1v) is 10.5. The summed E-state index contributed by atoms with van der Waals surface area (Å²) in [4.78, 5) is 20.7. The summed E-state index contributed by atoms with van der Waals surface area (Å²) in [5.74, 6) is 0.360. The van der Waals surface area contributed by atoms with Gasteiger partial charge in [-0.2, -0.15) is 0 Å². The molecule has 1 atom stereocenters. The summed E-state index contributed by atoms with van der Waals surface area (Å²) < 4.78 is 0. The first-order chi connectivity index (χ1) is 14.2. The Labute approximate surface area is 173 Å². The number of ketones is 1. The van der Waals surface area contributed by atoms with E-state index in [4.69, 9.17) is 10.6 Å². The Morgan fingerprint density at radius 2 is 1.66 bits per heavy atom. The Hall–Kier alpha value is -2.50. The van der Waals surface area contributed by atoms with E-state index in [0.29, 0.717) is 13.2 Å². The number of hydrogen-bond acceptors (Lipinski definition) is 5. The third kappa shape index (κ3) is 5.52. The standard InChI is InChI=1S/C24H31N3O2/c1-2-22(23(26-29-18-15-25)19-9-5-3-6-10-19)27-16-13-21(14-17-27)24(28)20-11-7-4-8-12-20/h3-12,21-22H,2,13-18,25H2,1H3. The molecule has 2 aromatic carbocycles. The average molecular weight is 394 g/mol. The monoisotopic (exact) mass is 393 g/mol. The molecular weight excluding hydrogens is 362 g/mol. The highest BCUT2D eigenvalue weighted by atomic mass is 16.6. The smallest absolute Gasteiger partial charge is 0.166 e. The van der Waals surface area contributed by atoms with Crippen LogP contribution in [0, 0.1) is 5.92 Å². The number of carbonyl (C=O) groups is 1. The number of piperidine rings is 1. The number of Topliss-reactive ketones (excluding diaryl/α,β-unsaturated/α-hetero) is 1. The number of nitrogens with two attached hydrogens (primary N) is 1. The number of oxime groups is 1. The molecule has 0 aliphatic carbocycles. The molecule has 0 spiro atoms. The minimum atomic E-state index is 0.0942. The predicted octanol–water partition coefficient (Wildman–Crippen LogP) is 3.74. The minimum absolute atomic E-state index is 0.0942. The van der Waals surface area contributed by atoms with Crippen molar-refractivity contribution in [3.8, 4) is 0 Å². The fourth-order valence-electron chi connectivity index (χ4n) is 4.02. The molecular formula is C24H31N3O2. The van der Waals surface area contributed by atoms with Gasteiger partial charge in [-0.05, 0) is 32.4 Å². The van der Waals surface area contributed by atoms with Crippen LogP contribution in [-0.2, 0) is 4.84 Å². The lowest BCUT2D eigenvalue weighted by molar-refractivity contribution is 0.0818. The van der Waals surface area contributed by atoms with Crippen LogP contribution in [0.1, 0.15) is 42.1 Å². The molecule has 0 amide bonds. The van der Waals surface area contributed by atoms with Gasteiger partial charge in [-0.3, -0.25) is 9.69 Å². The van der Waals surface area contributed by atoms with Crippen LogP contribution in [-0.4, -0.2) is 48.7 Å². The maximum absolute atomic E-state index is 12.8. The second-order valence-corrected chi connectivity index (χ2v) is 7.43. The average Bonchev–Trinajstić information content (AvgIpc) is 2.80. The van der Waals surface area contributed by atoms with Crippen molar-refractivity contribution < 1.29 is 9.63 Å². The zero-order chi connectivity index (χ0) is 20.5. The summed E-state index contributed by atoms with van der Waals surface area (Å²) in [5, 5.41) is 4.46. The van der Waals surface area contributed by atoms with E-state index in [1.54, 1.807) is 0 Å². The fraction of sp³-hybridized carbons (Fsp3) is 0.417. The topological polar surface area (TPSA) is 67.9 Å². The molecule has 1 heterocycles. The number of likely N-dealkylation sites (tertiary alicyclic amines) is 1. The third-order valence-electron chi connectivity index (χ3n) is 5.54. The zero-order valence-corrected chi connectivity index (χ0v) is 17.2. The van der Waals surface area contributed by atoms with Gasteiger partial charge in [-0.25, -0.2) is 0 Å². The molecule has 1 saturated heterocycles. The molecule has 0 aromatic heterocycles. The summed E-state index contributed by atoms with van der Waals surface area (Å²) in [6, 6.07) is 20.0. The van der Waals surface area contributed by atoms with E-state index in [-0.39, 0.29) is 17.7 Å². The molecule has 0 radical (unpaired) electrons. The number of benzene rings is 2. The Bertz CT molecular complexity index is 784. The van der Waals surface area contributed by atoms with Crippen LogP contribution >= 0.6 is 0 Å². The number of rotatable bonds is 9. The van der Waals surface area contributed by atoms with Crippen molar-refractivity contribution in [2.75, 3.05) is 26.2 Å². The molecule has 154 valence electrons. The summed E-state index contributed by atoms with van der Waals surface area (Å²) in [6.07, 6.45) is 2.67. The van der Waals surface area contributed by atoms with Crippen LogP contribution in [0.25, 0.3) is 0 Å². The van der Waals surface area contributed by atoms with Crippen molar-refractivity contribution >= 4 is 11.5 Å². The van der Waals surface area contributed by atoms with E-state index in [1.807, 2.05) is 48.5 Å². The number of nitrogens with zero attached hydrogens (tertiary/aromatic N) is 2. The Morgan fingerprint density at radius 1 is 1.07 bits per heavy atom. The molecule has 0 saturated carbocycles. The van der Waals surface area contributed by atoms with Crippen molar-refractivity contribution in [3.63, 3.8) is 0 Å². The Morgan fingerprint density at radius 3 is 2.21 bits per heavy atom. The second-order valence-electron chi connectivity index (χ2n) is 7.43. The summed E-state index contributed by atoms with van der Waals surface area (Å²) in [5.41, 5.74) is 8.39. The van der Waals surface area contributed by atoms with Crippen molar-refractivity contribution in [1.29, 1.82) is 0 Å². The molecule has 1 aliphatic rings. The van der Waals surface area contributed by atoms with Gasteiger partial charge >= 0.3 is 0 Å². The molecule has 1 aliphatic heterocycles. The van der Waals surface area contributed by atoms with Crippen LogP contribution in [0.2, 0.25) is 0 Å². The van der Waals surface area contributed by atoms with Gasteiger partial charge in [0.25, 0.3) is 0 Å². The van der Waals surface area contributed by atoms with Crippen LogP contribution in [0.4, 0.5) is 0 Å². The molecule has 2 aromatic rings. The van der Waals surface area contributed by atoms with E-state index in [1.165, 1.54) is 0 Å². The lowest BCUT2D eigenvalue weighted by Gasteiger charge is -2.37. The van der Waals surface area contributed by atoms with E-state index < -0.39 is 0 Å². The highest BCUT2D eigenvalue weighted by Gasteiger charge is 2.31. The van der Waals surface area contributed by atoms with Crippen molar-refractivity contribution in [1.82, 2.24) is 4.90 Å². The van der Waals surface area contributed by atoms with E-state index >= 15 is 0 Å². The molecule has 5 nitrogen and oxygen atoms in total. The predicted molar refractivity (Wildman–Crippen MR) is 117 cm³/mol. The maximum Gasteiger partial charge on any atom is 0.166 e. The lowest BCUT2D eigenvalue weighted by Crippen LogP contribution is -2.46. The van der Waals surface area contributed by atoms with Gasteiger partial charge in [-0.15, -0.1) is 0 Å². The Balaban J connectivity index is 1.70. The van der Waals surface area contributed by atoms with Gasteiger partial charge in [0.05, 0.1) is 6.04 Å². The maximum atomic E-state index is 12.8. The lowest BCUT2D eigenvalue weighted by atomic mass is 9.87. The van der Waals surface area contributed by atoms with Gasteiger partial charge in [0.15, 0.2) is 5.78 Å². The van der Waals surface area contributed by atoms with Crippen molar-refractivity contribution in [2.24, 2.45) is 16.8 Å². The summed E-state index contributed by atoms with van der Waals surface area (Å²) >= 11 is 0. The summed E-state index contributed by atoms with van der Waals surface area (Å²) in [6.45, 7) is 4.78. The molecule has 1 fully saturated rings. The molecule has 29 heavy (non-hydrogen) atoms. The number of carbonyl (C=O) groups excluding carboxylic acids is 1. The van der Waals surface area contributed by atoms with Gasteiger partial charge in [0, 0.05) is 23.6 Å². The first kappa shape index (κ1) is 21.2. The quantitative estimate of drug-likeness (QED) is 0.305. The van der Waals surface area contributed by atoms with Crippen molar-refractivity contribution in [3.05, 3.63) is 71.8 Å². The first-order valence-electron chi connectivity index (χ1n) is 10.5. The van der Waals surface area contributed by atoms with Gasteiger partial charge in [0.1, 0.15) is 12.3 Å². The van der Waals surface area contributed by atoms with Crippen LogP contribution in [0.3, 0.4) is 0 Å². The largest absolute Gasteiger partial charge is 0.394 e. The third-order valence-corrected chi connectivity index (χ3v) is 5.54. The van der Waals surface area contributed by atoms with Gasteiger partial charge < -0.3 is 10.6 Å². The molecule has 1 unspecified atom stereocenters. The van der Waals surface area contributed by atoms with Crippen LogP contribution in [0.15, 0.2) is 65.8 Å². The van der Waals surface area contributed by atoms with Crippen LogP contribution in [0.5, 0.6) is 0 Å². The highest BCUT2D eigenvalue weighted by Crippen LogP contribution is 2.25. The van der Waals surface area contributed by atoms with Crippen LogP contribution < -0.4 is 5.73 Å². The Kier molecular flexibility index (Phi) is 7.96. The molecule has 5 heteroatoms. The number of hydrogen-bond donors (Lipinski definition) is 1. The SMILES string of the molecule is CCC(C(=NOCCN)c1ccccc1)N1CCC(C(=O)c2ccccc2)CC1. The fourth-order valence-corrected chi connectivity index (χ4v) is 4.02. The zero-order valence-electron chi connectivity index (χ0n) is 17.2. The van der Waals surface area contributed by atoms with Crippen molar-refractivity contribution in [2.45, 2.75) is 32.2 Å². The van der Waals surface area contributed by atoms with E-state index in [9.17, 15) is 4.79 Å². The summed E-state index contributed by atoms with van der Waals surface area (Å²) in [7, 11) is 0. The second kappa shape index (κ2) is 10.9. The van der Waals surface area contributed by atoms with Gasteiger partial charge in [0.2, 0.25) is 0 Å². The molecule has 2 N–H and O–H groups in total. The van der Waals surface area contributed by atoms with Gasteiger partial charge in [-0.1, -0.05) is 72.7 Å². The highest BCUT2D eigenvalue weighted by molar-refractivity contribution is 6.04. The van der Waals surface area contributed by atoms with E-state index in [2.05, 4.69) is 29.1 Å². The minimum Gasteiger partial charge on any atom is -0.394 e. The normalized spacial score (nSPS) is 17.1. The van der Waals surface area contributed by atoms with E-state index in [0.717, 1.165) is 49.2 Å².